The number of furan rings is 1. The number of carbonyl (C=O) groups is 2. The van der Waals surface area contributed by atoms with Crippen LogP contribution in [0.2, 0.25) is 0 Å². The van der Waals surface area contributed by atoms with Crippen LogP contribution >= 0.6 is 0 Å². The number of fused-ring (bicyclic) bond motifs is 1. The average molecular weight is 364 g/mol. The zero-order valence-corrected chi connectivity index (χ0v) is 15.9. The Balaban J connectivity index is 1.69. The lowest BCUT2D eigenvalue weighted by atomic mass is 10.1. The number of amides is 1. The van der Waals surface area contributed by atoms with Gasteiger partial charge in [-0.15, -0.1) is 0 Å². The largest absolute Gasteiger partial charge is 0.459 e. The molecule has 1 atom stereocenters. The zero-order valence-electron chi connectivity index (χ0n) is 15.9. The number of hydrogen-bond acceptors (Lipinski definition) is 4. The molecule has 27 heavy (non-hydrogen) atoms. The molecule has 140 valence electrons. The molecule has 3 aromatic rings. The van der Waals surface area contributed by atoms with Crippen molar-refractivity contribution in [3.05, 3.63) is 65.9 Å². The van der Waals surface area contributed by atoms with Crippen molar-refractivity contribution < 1.29 is 14.0 Å². The highest BCUT2D eigenvalue weighted by molar-refractivity contribution is 5.97. The number of nitrogens with one attached hydrogen (secondary N) is 1. The van der Waals surface area contributed by atoms with Crippen molar-refractivity contribution in [3.63, 3.8) is 0 Å². The molecule has 3 rings (SSSR count). The van der Waals surface area contributed by atoms with Gasteiger partial charge in [-0.1, -0.05) is 37.3 Å². The number of para-hydroxylation sites is 1. The summed E-state index contributed by atoms with van der Waals surface area (Å²) in [5, 5.41) is 3.93. The summed E-state index contributed by atoms with van der Waals surface area (Å²) in [5.74, 6) is 0.685. The number of benzene rings is 2. The van der Waals surface area contributed by atoms with E-state index >= 15 is 0 Å². The minimum absolute atomic E-state index is 0.0280. The first-order valence-electron chi connectivity index (χ1n) is 9.11. The standard InChI is InChI=1S/C22H24N2O3/c1-4-24(15(2)21-13-18-8-5-6-11-20(18)27-21)14-22(26)23-19-10-7-9-17(12-19)16(3)25/h5-13,15H,4,14H2,1-3H3,(H,23,26). The van der Waals surface area contributed by atoms with E-state index < -0.39 is 0 Å². The van der Waals surface area contributed by atoms with Crippen LogP contribution in [0.3, 0.4) is 0 Å². The first-order chi connectivity index (χ1) is 13.0. The fourth-order valence-electron chi connectivity index (χ4n) is 3.11. The highest BCUT2D eigenvalue weighted by Crippen LogP contribution is 2.27. The Hall–Kier alpha value is -2.92. The molecule has 0 spiro atoms. The lowest BCUT2D eigenvalue weighted by Gasteiger charge is -2.25. The van der Waals surface area contributed by atoms with Crippen molar-refractivity contribution in [3.8, 4) is 0 Å². The molecule has 1 heterocycles. The van der Waals surface area contributed by atoms with E-state index in [1.807, 2.05) is 49.1 Å². The zero-order chi connectivity index (χ0) is 19.4. The molecule has 0 aliphatic carbocycles. The minimum Gasteiger partial charge on any atom is -0.459 e. The summed E-state index contributed by atoms with van der Waals surface area (Å²) in [5.41, 5.74) is 2.05. The summed E-state index contributed by atoms with van der Waals surface area (Å²) in [4.78, 5) is 26.0. The average Bonchev–Trinajstić information content (AvgIpc) is 3.10. The second-order valence-electron chi connectivity index (χ2n) is 6.61. The number of nitrogens with zero attached hydrogens (tertiary/aromatic N) is 1. The maximum Gasteiger partial charge on any atom is 0.238 e. The number of Topliss-reactive ketones (excluding diaryl/α,β-unsaturated/α-hetero) is 1. The van der Waals surface area contributed by atoms with Gasteiger partial charge in [-0.3, -0.25) is 14.5 Å². The fourth-order valence-corrected chi connectivity index (χ4v) is 3.11. The summed E-state index contributed by atoms with van der Waals surface area (Å²) in [6.07, 6.45) is 0. The predicted molar refractivity (Wildman–Crippen MR) is 107 cm³/mol. The number of hydrogen-bond donors (Lipinski definition) is 1. The molecule has 0 radical (unpaired) electrons. The molecule has 1 aromatic heterocycles. The van der Waals surface area contributed by atoms with E-state index in [2.05, 4.69) is 5.32 Å². The molecule has 0 aliphatic heterocycles. The Labute approximate surface area is 159 Å². The van der Waals surface area contributed by atoms with Gasteiger partial charge in [0.05, 0.1) is 12.6 Å². The Morgan fingerprint density at radius 2 is 1.89 bits per heavy atom. The van der Waals surface area contributed by atoms with E-state index in [-0.39, 0.29) is 24.3 Å². The first-order valence-corrected chi connectivity index (χ1v) is 9.11. The number of ketones is 1. The van der Waals surface area contributed by atoms with E-state index in [1.54, 1.807) is 24.3 Å². The summed E-state index contributed by atoms with van der Waals surface area (Å²) in [7, 11) is 0. The molecular weight excluding hydrogens is 340 g/mol. The first kappa shape index (κ1) is 18.9. The number of anilines is 1. The van der Waals surface area contributed by atoms with Gasteiger partial charge in [-0.25, -0.2) is 0 Å². The minimum atomic E-state index is -0.125. The molecule has 0 saturated heterocycles. The molecule has 0 saturated carbocycles. The van der Waals surface area contributed by atoms with Gasteiger partial charge < -0.3 is 9.73 Å². The Kier molecular flexibility index (Phi) is 5.72. The highest BCUT2D eigenvalue weighted by Gasteiger charge is 2.20. The van der Waals surface area contributed by atoms with Gasteiger partial charge in [0.15, 0.2) is 5.78 Å². The van der Waals surface area contributed by atoms with Crippen LogP contribution in [-0.4, -0.2) is 29.7 Å². The lowest BCUT2D eigenvalue weighted by Crippen LogP contribution is -2.35. The summed E-state index contributed by atoms with van der Waals surface area (Å²) in [6.45, 7) is 6.50. The summed E-state index contributed by atoms with van der Waals surface area (Å²) in [6, 6.07) is 16.8. The van der Waals surface area contributed by atoms with Crippen LogP contribution in [0, 0.1) is 0 Å². The maximum atomic E-state index is 12.5. The van der Waals surface area contributed by atoms with Gasteiger partial charge in [0.25, 0.3) is 0 Å². The third-order valence-electron chi connectivity index (χ3n) is 4.71. The predicted octanol–water partition coefficient (Wildman–Crippen LogP) is 4.66. The molecule has 0 bridgehead atoms. The lowest BCUT2D eigenvalue weighted by molar-refractivity contribution is -0.117. The van der Waals surface area contributed by atoms with E-state index in [0.717, 1.165) is 16.7 Å². The van der Waals surface area contributed by atoms with Gasteiger partial charge in [0, 0.05) is 16.6 Å². The van der Waals surface area contributed by atoms with Crippen molar-refractivity contribution in [2.45, 2.75) is 26.8 Å². The molecule has 0 fully saturated rings. The Morgan fingerprint density at radius 1 is 1.11 bits per heavy atom. The third-order valence-corrected chi connectivity index (χ3v) is 4.71. The monoisotopic (exact) mass is 364 g/mol. The molecule has 0 aliphatic rings. The van der Waals surface area contributed by atoms with Crippen LogP contribution in [0.15, 0.2) is 59.0 Å². The van der Waals surface area contributed by atoms with Crippen LogP contribution in [0.1, 0.15) is 42.9 Å². The SMILES string of the molecule is CCN(CC(=O)Nc1cccc(C(C)=O)c1)C(C)c1cc2ccccc2o1. The van der Waals surface area contributed by atoms with Crippen LogP contribution in [0.5, 0.6) is 0 Å². The maximum absolute atomic E-state index is 12.5. The van der Waals surface area contributed by atoms with Gasteiger partial charge in [0.2, 0.25) is 5.91 Å². The fraction of sp³-hybridized carbons (Fsp3) is 0.273. The highest BCUT2D eigenvalue weighted by atomic mass is 16.3. The topological polar surface area (TPSA) is 62.6 Å². The van der Waals surface area contributed by atoms with Gasteiger partial charge in [-0.05, 0) is 44.7 Å². The van der Waals surface area contributed by atoms with Gasteiger partial charge >= 0.3 is 0 Å². The molecular formula is C22H24N2O3. The van der Waals surface area contributed by atoms with Crippen LogP contribution in [-0.2, 0) is 4.79 Å². The van der Waals surface area contributed by atoms with E-state index in [0.29, 0.717) is 17.8 Å². The smallest absolute Gasteiger partial charge is 0.238 e. The van der Waals surface area contributed by atoms with Crippen molar-refractivity contribution in [1.29, 1.82) is 0 Å². The van der Waals surface area contributed by atoms with Crippen LogP contribution in [0.4, 0.5) is 5.69 Å². The van der Waals surface area contributed by atoms with Crippen LogP contribution in [0.25, 0.3) is 11.0 Å². The number of rotatable bonds is 7. The number of carbonyl (C=O) groups excluding carboxylic acids is 2. The van der Waals surface area contributed by atoms with Gasteiger partial charge in [0.1, 0.15) is 11.3 Å². The molecule has 5 nitrogen and oxygen atoms in total. The van der Waals surface area contributed by atoms with Crippen molar-refractivity contribution in [2.24, 2.45) is 0 Å². The van der Waals surface area contributed by atoms with Crippen molar-refractivity contribution in [2.75, 3.05) is 18.4 Å². The molecule has 1 amide bonds. The quantitative estimate of drug-likeness (QED) is 0.620. The molecule has 2 aromatic carbocycles. The Morgan fingerprint density at radius 3 is 2.59 bits per heavy atom. The molecule has 1 N–H and O–H groups in total. The second kappa shape index (κ2) is 8.18. The summed E-state index contributed by atoms with van der Waals surface area (Å²) >= 11 is 0. The third kappa shape index (κ3) is 4.44. The van der Waals surface area contributed by atoms with Crippen molar-refractivity contribution in [1.82, 2.24) is 4.90 Å². The second-order valence-corrected chi connectivity index (χ2v) is 6.61. The summed E-state index contributed by atoms with van der Waals surface area (Å²) < 4.78 is 5.94. The van der Waals surface area contributed by atoms with Gasteiger partial charge in [-0.2, -0.15) is 0 Å². The van der Waals surface area contributed by atoms with Crippen LogP contribution < -0.4 is 5.32 Å². The van der Waals surface area contributed by atoms with Crippen molar-refractivity contribution >= 4 is 28.3 Å². The Bertz CT molecular complexity index is 928. The number of likely N-dealkylation sites (N-methyl/N-ethyl adjacent to an activating group) is 1. The van der Waals surface area contributed by atoms with E-state index in [1.165, 1.54) is 6.92 Å². The normalized spacial score (nSPS) is 12.3. The van der Waals surface area contributed by atoms with E-state index in [9.17, 15) is 9.59 Å². The molecule has 1 unspecified atom stereocenters. The van der Waals surface area contributed by atoms with E-state index in [4.69, 9.17) is 4.42 Å². The molecule has 5 heteroatoms.